The monoisotopic (exact) mass is 280 g/mol. The van der Waals surface area contributed by atoms with Crippen molar-refractivity contribution in [2.24, 2.45) is 0 Å². The molecule has 0 aliphatic carbocycles. The van der Waals surface area contributed by atoms with Gasteiger partial charge in [-0.15, -0.1) is 0 Å². The van der Waals surface area contributed by atoms with E-state index in [1.807, 2.05) is 0 Å². The summed E-state index contributed by atoms with van der Waals surface area (Å²) in [4.78, 5) is 24.2. The Kier molecular flexibility index (Phi) is 2.60. The quantitative estimate of drug-likeness (QED) is 0.799. The molecular formula is C12H12N2O4S. The Hall–Kier alpha value is -1.89. The van der Waals surface area contributed by atoms with Crippen molar-refractivity contribution < 1.29 is 8.42 Å². The van der Waals surface area contributed by atoms with Gasteiger partial charge >= 0.3 is 0 Å². The number of hydrogen-bond donors (Lipinski definition) is 1. The van der Waals surface area contributed by atoms with Gasteiger partial charge < -0.3 is 0 Å². The third kappa shape index (κ3) is 1.99. The molecule has 1 N–H and O–H groups in total. The second-order valence-electron chi connectivity index (χ2n) is 4.72. The molecule has 1 saturated heterocycles. The predicted octanol–water partition coefficient (Wildman–Crippen LogP) is 0.0494. The van der Waals surface area contributed by atoms with E-state index >= 15 is 0 Å². The van der Waals surface area contributed by atoms with E-state index in [-0.39, 0.29) is 22.6 Å². The zero-order valence-corrected chi connectivity index (χ0v) is 10.8. The second kappa shape index (κ2) is 4.06. The average molecular weight is 280 g/mol. The van der Waals surface area contributed by atoms with Gasteiger partial charge in [0, 0.05) is 0 Å². The lowest BCUT2D eigenvalue weighted by molar-refractivity contribution is 0.473. The summed E-state index contributed by atoms with van der Waals surface area (Å²) < 4.78 is 24.1. The molecule has 0 radical (unpaired) electrons. The van der Waals surface area contributed by atoms with Crippen LogP contribution < -0.4 is 11.1 Å². The molecule has 1 aromatic carbocycles. The Bertz CT molecular complexity index is 863. The van der Waals surface area contributed by atoms with E-state index in [0.29, 0.717) is 17.2 Å². The Balaban J connectivity index is 2.24. The van der Waals surface area contributed by atoms with Crippen molar-refractivity contribution in [3.63, 3.8) is 0 Å². The average Bonchev–Trinajstić information content (AvgIpc) is 2.74. The first kappa shape index (κ1) is 12.2. The molecular weight excluding hydrogens is 268 g/mol. The number of nitrogens with zero attached hydrogens (tertiary/aromatic N) is 1. The van der Waals surface area contributed by atoms with Crippen LogP contribution in [-0.2, 0) is 9.84 Å². The van der Waals surface area contributed by atoms with Gasteiger partial charge in [0.15, 0.2) is 9.84 Å². The van der Waals surface area contributed by atoms with Crippen LogP contribution in [0.3, 0.4) is 0 Å². The van der Waals surface area contributed by atoms with Crippen LogP contribution in [0.15, 0.2) is 33.9 Å². The van der Waals surface area contributed by atoms with Gasteiger partial charge in [-0.2, -0.15) is 0 Å². The molecule has 0 saturated carbocycles. The maximum atomic E-state index is 12.3. The number of sulfone groups is 1. The molecule has 1 atom stereocenters. The Morgan fingerprint density at radius 3 is 2.47 bits per heavy atom. The van der Waals surface area contributed by atoms with Gasteiger partial charge in [0.25, 0.3) is 11.1 Å². The van der Waals surface area contributed by atoms with E-state index in [2.05, 4.69) is 5.10 Å². The highest BCUT2D eigenvalue weighted by Crippen LogP contribution is 2.21. The molecule has 100 valence electrons. The molecule has 19 heavy (non-hydrogen) atoms. The summed E-state index contributed by atoms with van der Waals surface area (Å²) in [6.07, 6.45) is 0.358. The summed E-state index contributed by atoms with van der Waals surface area (Å²) in [7, 11) is -3.11. The van der Waals surface area contributed by atoms with Crippen LogP contribution in [0.25, 0.3) is 10.8 Å². The van der Waals surface area contributed by atoms with Crippen LogP contribution in [0, 0.1) is 0 Å². The van der Waals surface area contributed by atoms with E-state index in [0.717, 1.165) is 4.68 Å². The molecule has 1 aromatic heterocycles. The molecule has 1 fully saturated rings. The first-order valence-corrected chi connectivity index (χ1v) is 7.74. The number of benzene rings is 1. The van der Waals surface area contributed by atoms with Crippen molar-refractivity contribution in [1.29, 1.82) is 0 Å². The Labute approximate surface area is 108 Å². The fourth-order valence-electron chi connectivity index (χ4n) is 2.45. The zero-order valence-electron chi connectivity index (χ0n) is 10.00. The van der Waals surface area contributed by atoms with Crippen LogP contribution in [0.5, 0.6) is 0 Å². The fourth-order valence-corrected chi connectivity index (χ4v) is 4.15. The van der Waals surface area contributed by atoms with Crippen LogP contribution in [0.1, 0.15) is 12.5 Å². The minimum absolute atomic E-state index is 0.0545. The maximum Gasteiger partial charge on any atom is 0.273 e. The number of hydrogen-bond acceptors (Lipinski definition) is 4. The van der Waals surface area contributed by atoms with Crippen molar-refractivity contribution in [1.82, 2.24) is 9.78 Å². The first-order chi connectivity index (χ1) is 8.98. The van der Waals surface area contributed by atoms with Crippen molar-refractivity contribution in [2.75, 3.05) is 11.5 Å². The van der Waals surface area contributed by atoms with Gasteiger partial charge in [-0.3, -0.25) is 14.7 Å². The fraction of sp³-hybridized carbons (Fsp3) is 0.333. The van der Waals surface area contributed by atoms with Gasteiger partial charge in [-0.25, -0.2) is 13.1 Å². The molecule has 0 spiro atoms. The van der Waals surface area contributed by atoms with Gasteiger partial charge in [-0.1, -0.05) is 12.1 Å². The lowest BCUT2D eigenvalue weighted by Gasteiger charge is -2.12. The SMILES string of the molecule is O=c1[nH]n([C@H]2CCS(=O)(=O)C2)c(=O)c2ccccc12. The van der Waals surface area contributed by atoms with Gasteiger partial charge in [-0.05, 0) is 18.6 Å². The minimum atomic E-state index is -3.11. The molecule has 2 heterocycles. The highest BCUT2D eigenvalue weighted by molar-refractivity contribution is 7.91. The van der Waals surface area contributed by atoms with Crippen LogP contribution >= 0.6 is 0 Å². The summed E-state index contributed by atoms with van der Waals surface area (Å²) in [6.45, 7) is 0. The molecule has 7 heteroatoms. The van der Waals surface area contributed by atoms with Gasteiger partial charge in [0.1, 0.15) is 0 Å². The van der Waals surface area contributed by atoms with Gasteiger partial charge in [0.05, 0.1) is 28.3 Å². The summed E-state index contributed by atoms with van der Waals surface area (Å²) in [6, 6.07) is 6.04. The highest BCUT2D eigenvalue weighted by atomic mass is 32.2. The summed E-state index contributed by atoms with van der Waals surface area (Å²) in [5.41, 5.74) is -0.725. The van der Waals surface area contributed by atoms with E-state index in [9.17, 15) is 18.0 Å². The van der Waals surface area contributed by atoms with E-state index < -0.39 is 15.9 Å². The zero-order chi connectivity index (χ0) is 13.6. The number of aromatic nitrogens is 2. The summed E-state index contributed by atoms with van der Waals surface area (Å²) in [5.74, 6) is -0.0415. The summed E-state index contributed by atoms with van der Waals surface area (Å²) >= 11 is 0. The number of aromatic amines is 1. The summed E-state index contributed by atoms with van der Waals surface area (Å²) in [5, 5.41) is 3.12. The second-order valence-corrected chi connectivity index (χ2v) is 6.95. The number of fused-ring (bicyclic) bond motifs is 1. The molecule has 6 nitrogen and oxygen atoms in total. The van der Waals surface area contributed by atoms with Gasteiger partial charge in [0.2, 0.25) is 0 Å². The standard InChI is InChI=1S/C12H12N2O4S/c15-11-9-3-1-2-4-10(9)12(16)14(13-11)8-5-6-19(17,18)7-8/h1-4,8H,5-7H2,(H,13,15)/t8-/m0/s1. The molecule has 0 unspecified atom stereocenters. The molecule has 1 aliphatic heterocycles. The van der Waals surface area contributed by atoms with Crippen LogP contribution in [0.2, 0.25) is 0 Å². The molecule has 2 aromatic rings. The third-order valence-corrected chi connectivity index (χ3v) is 5.17. The van der Waals surface area contributed by atoms with Crippen LogP contribution in [-0.4, -0.2) is 29.7 Å². The highest BCUT2D eigenvalue weighted by Gasteiger charge is 2.30. The minimum Gasteiger partial charge on any atom is -0.267 e. The van der Waals surface area contributed by atoms with E-state index in [1.165, 1.54) is 0 Å². The Morgan fingerprint density at radius 1 is 1.16 bits per heavy atom. The largest absolute Gasteiger partial charge is 0.273 e. The molecule has 1 aliphatic rings. The number of nitrogens with one attached hydrogen (secondary N) is 1. The van der Waals surface area contributed by atoms with Crippen molar-refractivity contribution >= 4 is 20.6 Å². The number of rotatable bonds is 1. The molecule has 3 rings (SSSR count). The van der Waals surface area contributed by atoms with Crippen molar-refractivity contribution in [2.45, 2.75) is 12.5 Å². The van der Waals surface area contributed by atoms with Crippen molar-refractivity contribution in [3.05, 3.63) is 45.0 Å². The van der Waals surface area contributed by atoms with Crippen LogP contribution in [0.4, 0.5) is 0 Å². The van der Waals surface area contributed by atoms with Crippen molar-refractivity contribution in [3.8, 4) is 0 Å². The van der Waals surface area contributed by atoms with E-state index in [4.69, 9.17) is 0 Å². The topological polar surface area (TPSA) is 89.0 Å². The van der Waals surface area contributed by atoms with E-state index in [1.54, 1.807) is 24.3 Å². The lowest BCUT2D eigenvalue weighted by Crippen LogP contribution is -2.33. The molecule has 0 bridgehead atoms. The predicted molar refractivity (Wildman–Crippen MR) is 71.1 cm³/mol. The lowest BCUT2D eigenvalue weighted by atomic mass is 10.2. The number of H-pyrrole nitrogens is 1. The maximum absolute atomic E-state index is 12.3. The smallest absolute Gasteiger partial charge is 0.267 e. The Morgan fingerprint density at radius 2 is 1.84 bits per heavy atom. The third-order valence-electron chi connectivity index (χ3n) is 3.42. The first-order valence-electron chi connectivity index (χ1n) is 5.92. The molecule has 0 amide bonds. The normalized spacial score (nSPS) is 21.8.